The van der Waals surface area contributed by atoms with E-state index in [0.717, 1.165) is 29.7 Å². The average molecular weight is 221 g/mol. The van der Waals surface area contributed by atoms with E-state index in [-0.39, 0.29) is 11.9 Å². The smallest absolute Gasteiger partial charge is 0.123 e. The second-order valence-electron chi connectivity index (χ2n) is 4.27. The number of hydrogen-bond acceptors (Lipinski definition) is 1. The maximum Gasteiger partial charge on any atom is 0.123 e. The zero-order chi connectivity index (χ0) is 12.1. The molecule has 1 nitrogen and oxygen atoms in total. The van der Waals surface area contributed by atoms with E-state index in [1.54, 1.807) is 6.07 Å². The van der Waals surface area contributed by atoms with Gasteiger partial charge in [-0.1, -0.05) is 18.6 Å². The second kappa shape index (κ2) is 5.80. The van der Waals surface area contributed by atoms with Gasteiger partial charge in [0.15, 0.2) is 0 Å². The first-order chi connectivity index (χ1) is 7.54. The van der Waals surface area contributed by atoms with Gasteiger partial charge in [0.1, 0.15) is 5.82 Å². The molecule has 0 amide bonds. The number of benzene rings is 1. The summed E-state index contributed by atoms with van der Waals surface area (Å²) < 4.78 is 13.2. The quantitative estimate of drug-likeness (QED) is 0.747. The Morgan fingerprint density at radius 2 is 2.19 bits per heavy atom. The summed E-state index contributed by atoms with van der Waals surface area (Å²) in [6, 6.07) is 5.11. The van der Waals surface area contributed by atoms with Gasteiger partial charge in [-0.2, -0.15) is 0 Å². The molecule has 0 aliphatic rings. The van der Waals surface area contributed by atoms with Crippen molar-refractivity contribution in [3.05, 3.63) is 47.3 Å². The third kappa shape index (κ3) is 3.46. The van der Waals surface area contributed by atoms with Crippen LogP contribution in [-0.4, -0.2) is 6.54 Å². The Balaban J connectivity index is 2.99. The molecule has 1 unspecified atom stereocenters. The molecule has 1 atom stereocenters. The molecule has 0 aliphatic heterocycles. The lowest BCUT2D eigenvalue weighted by Gasteiger charge is -2.20. The van der Waals surface area contributed by atoms with Crippen LogP contribution < -0.4 is 5.32 Å². The van der Waals surface area contributed by atoms with Crippen molar-refractivity contribution >= 4 is 0 Å². The average Bonchev–Trinajstić information content (AvgIpc) is 2.20. The highest BCUT2D eigenvalue weighted by Crippen LogP contribution is 2.24. The molecule has 0 bridgehead atoms. The van der Waals surface area contributed by atoms with Crippen LogP contribution in [0.15, 0.2) is 30.4 Å². The minimum absolute atomic E-state index is 0.165. The van der Waals surface area contributed by atoms with Gasteiger partial charge in [-0.3, -0.25) is 0 Å². The molecule has 0 aliphatic carbocycles. The predicted octanol–water partition coefficient (Wildman–Crippen LogP) is 3.75. The Morgan fingerprint density at radius 1 is 1.50 bits per heavy atom. The minimum Gasteiger partial charge on any atom is -0.310 e. The summed E-state index contributed by atoms with van der Waals surface area (Å²) in [5, 5.41) is 3.37. The lowest BCUT2D eigenvalue weighted by atomic mass is 9.96. The number of halogens is 1. The zero-order valence-electron chi connectivity index (χ0n) is 10.3. The van der Waals surface area contributed by atoms with Gasteiger partial charge in [-0.25, -0.2) is 4.39 Å². The fourth-order valence-corrected chi connectivity index (χ4v) is 1.87. The third-order valence-electron chi connectivity index (χ3n) is 2.62. The molecule has 2 heteroatoms. The first kappa shape index (κ1) is 12.9. The Hall–Kier alpha value is -1.15. The van der Waals surface area contributed by atoms with E-state index in [1.165, 1.54) is 6.07 Å². The molecule has 0 saturated heterocycles. The Morgan fingerprint density at radius 3 is 2.75 bits per heavy atom. The van der Waals surface area contributed by atoms with Crippen molar-refractivity contribution < 1.29 is 4.39 Å². The summed E-state index contributed by atoms with van der Waals surface area (Å²) in [4.78, 5) is 0. The molecule has 1 N–H and O–H groups in total. The van der Waals surface area contributed by atoms with E-state index in [9.17, 15) is 4.39 Å². The topological polar surface area (TPSA) is 12.0 Å². The summed E-state index contributed by atoms with van der Waals surface area (Å²) in [6.07, 6.45) is 0.845. The maximum atomic E-state index is 13.2. The Labute approximate surface area is 97.4 Å². The standard InChI is InChI=1S/C14H20FN/c1-5-16-14(8-10(2)3)13-9-12(15)7-6-11(13)4/h6-7,9,14,16H,2,5,8H2,1,3-4H3. The molecule has 16 heavy (non-hydrogen) atoms. The van der Waals surface area contributed by atoms with E-state index >= 15 is 0 Å². The van der Waals surface area contributed by atoms with Gasteiger partial charge in [0, 0.05) is 6.04 Å². The van der Waals surface area contributed by atoms with Crippen LogP contribution in [0, 0.1) is 12.7 Å². The molecular weight excluding hydrogens is 201 g/mol. The van der Waals surface area contributed by atoms with Crippen LogP contribution in [0.3, 0.4) is 0 Å². The van der Waals surface area contributed by atoms with Crippen molar-refractivity contribution in [1.82, 2.24) is 5.32 Å². The van der Waals surface area contributed by atoms with Crippen LogP contribution in [0.5, 0.6) is 0 Å². The predicted molar refractivity (Wildman–Crippen MR) is 67.0 cm³/mol. The molecular formula is C14H20FN. The summed E-state index contributed by atoms with van der Waals surface area (Å²) in [5.41, 5.74) is 3.26. The van der Waals surface area contributed by atoms with Crippen molar-refractivity contribution in [1.29, 1.82) is 0 Å². The molecule has 0 saturated carbocycles. The van der Waals surface area contributed by atoms with Gasteiger partial charge in [-0.15, -0.1) is 6.58 Å². The van der Waals surface area contributed by atoms with Crippen molar-refractivity contribution in [3.63, 3.8) is 0 Å². The molecule has 0 heterocycles. The van der Waals surface area contributed by atoms with Gasteiger partial charge in [0.2, 0.25) is 0 Å². The summed E-state index contributed by atoms with van der Waals surface area (Å²) >= 11 is 0. The number of nitrogens with one attached hydrogen (secondary N) is 1. The summed E-state index contributed by atoms with van der Waals surface area (Å²) in [7, 11) is 0. The molecule has 1 aromatic rings. The molecule has 0 fully saturated rings. The van der Waals surface area contributed by atoms with Gasteiger partial charge >= 0.3 is 0 Å². The van der Waals surface area contributed by atoms with Gasteiger partial charge in [0.25, 0.3) is 0 Å². The van der Waals surface area contributed by atoms with E-state index in [2.05, 4.69) is 18.8 Å². The van der Waals surface area contributed by atoms with Crippen LogP contribution >= 0.6 is 0 Å². The molecule has 0 spiro atoms. The number of aryl methyl sites for hydroxylation is 1. The van der Waals surface area contributed by atoms with Crippen LogP contribution in [0.4, 0.5) is 4.39 Å². The lowest BCUT2D eigenvalue weighted by molar-refractivity contribution is 0.538. The highest BCUT2D eigenvalue weighted by atomic mass is 19.1. The van der Waals surface area contributed by atoms with Crippen molar-refractivity contribution in [2.75, 3.05) is 6.54 Å². The van der Waals surface area contributed by atoms with Crippen molar-refractivity contribution in [2.24, 2.45) is 0 Å². The lowest BCUT2D eigenvalue weighted by Crippen LogP contribution is -2.22. The maximum absolute atomic E-state index is 13.2. The SMILES string of the molecule is C=C(C)CC(NCC)c1cc(F)ccc1C. The van der Waals surface area contributed by atoms with Gasteiger partial charge in [0.05, 0.1) is 0 Å². The fourth-order valence-electron chi connectivity index (χ4n) is 1.87. The second-order valence-corrected chi connectivity index (χ2v) is 4.27. The van der Waals surface area contributed by atoms with Crippen LogP contribution in [0.1, 0.15) is 37.4 Å². The van der Waals surface area contributed by atoms with Crippen LogP contribution in [-0.2, 0) is 0 Å². The van der Waals surface area contributed by atoms with Gasteiger partial charge in [-0.05, 0) is 50.1 Å². The molecule has 1 rings (SSSR count). The third-order valence-corrected chi connectivity index (χ3v) is 2.62. The largest absolute Gasteiger partial charge is 0.310 e. The molecule has 88 valence electrons. The molecule has 0 aromatic heterocycles. The Kier molecular flexibility index (Phi) is 4.69. The number of hydrogen-bond donors (Lipinski definition) is 1. The van der Waals surface area contributed by atoms with E-state index < -0.39 is 0 Å². The first-order valence-electron chi connectivity index (χ1n) is 5.68. The Bertz CT molecular complexity index is 371. The first-order valence-corrected chi connectivity index (χ1v) is 5.68. The zero-order valence-corrected chi connectivity index (χ0v) is 10.3. The van der Waals surface area contributed by atoms with E-state index in [4.69, 9.17) is 0 Å². The van der Waals surface area contributed by atoms with E-state index in [1.807, 2.05) is 19.9 Å². The molecule has 0 radical (unpaired) electrons. The minimum atomic E-state index is -0.176. The highest BCUT2D eigenvalue weighted by molar-refractivity contribution is 5.30. The summed E-state index contributed by atoms with van der Waals surface area (Å²) in [6.45, 7) is 10.9. The number of rotatable bonds is 5. The van der Waals surface area contributed by atoms with Crippen LogP contribution in [0.25, 0.3) is 0 Å². The van der Waals surface area contributed by atoms with Crippen LogP contribution in [0.2, 0.25) is 0 Å². The highest BCUT2D eigenvalue weighted by Gasteiger charge is 2.13. The monoisotopic (exact) mass is 221 g/mol. The normalized spacial score (nSPS) is 12.5. The summed E-state index contributed by atoms with van der Waals surface area (Å²) in [5.74, 6) is -0.176. The fraction of sp³-hybridized carbons (Fsp3) is 0.429. The molecule has 1 aromatic carbocycles. The van der Waals surface area contributed by atoms with E-state index in [0.29, 0.717) is 0 Å². The van der Waals surface area contributed by atoms with Crippen molar-refractivity contribution in [3.8, 4) is 0 Å². The van der Waals surface area contributed by atoms with Gasteiger partial charge < -0.3 is 5.32 Å². The van der Waals surface area contributed by atoms with Crippen molar-refractivity contribution in [2.45, 2.75) is 33.2 Å².